The lowest BCUT2D eigenvalue weighted by Crippen LogP contribution is -2.41. The molecule has 1 atom stereocenters. The average molecular weight is 255 g/mol. The molecule has 17 heavy (non-hydrogen) atoms. The van der Waals surface area contributed by atoms with E-state index >= 15 is 0 Å². The first-order valence-corrected chi connectivity index (χ1v) is 6.82. The van der Waals surface area contributed by atoms with Crippen molar-refractivity contribution in [3.05, 3.63) is 12.2 Å². The largest absolute Gasteiger partial charge is 0.349 e. The monoisotopic (exact) mass is 255 g/mol. The lowest BCUT2D eigenvalue weighted by molar-refractivity contribution is -0.121. The molecule has 7 heteroatoms. The minimum absolute atomic E-state index is 0.0630. The second-order valence-corrected chi connectivity index (χ2v) is 5.21. The summed E-state index contributed by atoms with van der Waals surface area (Å²) >= 11 is 1.89. The normalized spacial score (nSPS) is 20.2. The molecule has 2 heterocycles. The highest BCUT2D eigenvalue weighted by Crippen LogP contribution is 2.09. The number of rotatable bonds is 4. The van der Waals surface area contributed by atoms with Crippen LogP contribution in [-0.4, -0.2) is 44.8 Å². The smallest absolute Gasteiger partial charge is 0.221 e. The van der Waals surface area contributed by atoms with Crippen molar-refractivity contribution < 1.29 is 4.79 Å². The maximum Gasteiger partial charge on any atom is 0.221 e. The fraction of sp³-hybridized carbons (Fsp3) is 0.700. The molecule has 1 saturated heterocycles. The molecule has 0 bridgehead atoms. The molecule has 2 rings (SSSR count). The Bertz CT molecular complexity index is 375. The van der Waals surface area contributed by atoms with E-state index in [2.05, 4.69) is 20.8 Å². The molecule has 0 saturated carbocycles. The van der Waals surface area contributed by atoms with Crippen molar-refractivity contribution in [2.75, 3.05) is 18.1 Å². The van der Waals surface area contributed by atoms with E-state index in [1.54, 1.807) is 10.9 Å². The minimum Gasteiger partial charge on any atom is -0.349 e. The molecule has 0 radical (unpaired) electrons. The molecule has 2 N–H and O–H groups in total. The Morgan fingerprint density at radius 1 is 1.76 bits per heavy atom. The van der Waals surface area contributed by atoms with Gasteiger partial charge in [0, 0.05) is 37.6 Å². The van der Waals surface area contributed by atoms with Crippen LogP contribution in [0.2, 0.25) is 0 Å². The quantitative estimate of drug-likeness (QED) is 0.761. The summed E-state index contributed by atoms with van der Waals surface area (Å²) in [5.74, 6) is 2.98. The summed E-state index contributed by atoms with van der Waals surface area (Å²) in [6.45, 7) is 1.43. The van der Waals surface area contributed by atoms with Crippen molar-refractivity contribution in [2.45, 2.75) is 19.0 Å². The Labute approximate surface area is 105 Å². The topological polar surface area (TPSA) is 71.8 Å². The third-order valence-corrected chi connectivity index (χ3v) is 3.81. The molecule has 0 aromatic carbocycles. The summed E-state index contributed by atoms with van der Waals surface area (Å²) in [4.78, 5) is 11.7. The summed E-state index contributed by atoms with van der Waals surface area (Å²) in [6.07, 6.45) is 2.16. The van der Waals surface area contributed by atoms with Crippen LogP contribution >= 0.6 is 11.8 Å². The zero-order valence-electron chi connectivity index (χ0n) is 9.85. The molecule has 1 aliphatic rings. The van der Waals surface area contributed by atoms with E-state index in [-0.39, 0.29) is 5.91 Å². The Hall–Kier alpha value is -1.08. The molecule has 0 spiro atoms. The molecule has 6 nitrogen and oxygen atoms in total. The number of carbonyl (C=O) groups is 1. The Balaban J connectivity index is 1.72. The summed E-state index contributed by atoms with van der Waals surface area (Å²) in [6, 6.07) is 0.299. The lowest BCUT2D eigenvalue weighted by Gasteiger charge is -2.22. The number of hydrogen-bond donors (Lipinski definition) is 2. The Kier molecular flexibility index (Phi) is 4.38. The van der Waals surface area contributed by atoms with Crippen molar-refractivity contribution in [2.24, 2.45) is 7.05 Å². The van der Waals surface area contributed by atoms with Crippen LogP contribution in [-0.2, 0) is 18.4 Å². The van der Waals surface area contributed by atoms with Gasteiger partial charge in [0.1, 0.15) is 6.33 Å². The van der Waals surface area contributed by atoms with Gasteiger partial charge in [0.2, 0.25) is 5.91 Å². The zero-order valence-corrected chi connectivity index (χ0v) is 10.7. The summed E-state index contributed by atoms with van der Waals surface area (Å²) in [7, 11) is 1.86. The highest BCUT2D eigenvalue weighted by molar-refractivity contribution is 7.99. The number of amides is 1. The van der Waals surface area contributed by atoms with Crippen LogP contribution in [0.15, 0.2) is 6.33 Å². The third kappa shape index (κ3) is 3.71. The Morgan fingerprint density at radius 3 is 3.29 bits per heavy atom. The molecule has 1 aromatic rings. The number of carbonyl (C=O) groups excluding carboxylic acids is 1. The van der Waals surface area contributed by atoms with Gasteiger partial charge in [-0.3, -0.25) is 4.79 Å². The van der Waals surface area contributed by atoms with Gasteiger partial charge in [0.25, 0.3) is 0 Å². The molecule has 1 unspecified atom stereocenters. The van der Waals surface area contributed by atoms with Crippen LogP contribution in [0.3, 0.4) is 0 Å². The molecule has 94 valence electrons. The SMILES string of the molecule is Cn1cnnc1CNC(=O)CC1CSCCN1. The third-order valence-electron chi connectivity index (χ3n) is 2.68. The van der Waals surface area contributed by atoms with E-state index < -0.39 is 0 Å². The van der Waals surface area contributed by atoms with Crippen molar-refractivity contribution in [3.63, 3.8) is 0 Å². The van der Waals surface area contributed by atoms with E-state index in [1.807, 2.05) is 18.8 Å². The van der Waals surface area contributed by atoms with Gasteiger partial charge in [-0.2, -0.15) is 11.8 Å². The summed E-state index contributed by atoms with van der Waals surface area (Å²) < 4.78 is 1.80. The second kappa shape index (κ2) is 6.02. The molecular formula is C10H17N5OS. The predicted molar refractivity (Wildman–Crippen MR) is 66.6 cm³/mol. The van der Waals surface area contributed by atoms with Crippen molar-refractivity contribution >= 4 is 17.7 Å². The van der Waals surface area contributed by atoms with Crippen LogP contribution in [0.4, 0.5) is 0 Å². The minimum atomic E-state index is 0.0630. The number of nitrogens with one attached hydrogen (secondary N) is 2. The maximum absolute atomic E-state index is 11.7. The van der Waals surface area contributed by atoms with Gasteiger partial charge in [-0.05, 0) is 0 Å². The van der Waals surface area contributed by atoms with Gasteiger partial charge < -0.3 is 15.2 Å². The second-order valence-electron chi connectivity index (χ2n) is 4.06. The van der Waals surface area contributed by atoms with Crippen molar-refractivity contribution in [3.8, 4) is 0 Å². The zero-order chi connectivity index (χ0) is 12.1. The van der Waals surface area contributed by atoms with Gasteiger partial charge in [0.15, 0.2) is 5.82 Å². The molecule has 0 aliphatic carbocycles. The van der Waals surface area contributed by atoms with E-state index in [9.17, 15) is 4.79 Å². The highest BCUT2D eigenvalue weighted by atomic mass is 32.2. The van der Waals surface area contributed by atoms with Gasteiger partial charge in [-0.1, -0.05) is 0 Å². The van der Waals surface area contributed by atoms with Crippen LogP contribution in [0.1, 0.15) is 12.2 Å². The molecule has 1 aliphatic heterocycles. The van der Waals surface area contributed by atoms with Crippen molar-refractivity contribution in [1.29, 1.82) is 0 Å². The van der Waals surface area contributed by atoms with E-state index in [1.165, 1.54) is 0 Å². The fourth-order valence-electron chi connectivity index (χ4n) is 1.69. The first-order chi connectivity index (χ1) is 8.25. The van der Waals surface area contributed by atoms with Gasteiger partial charge >= 0.3 is 0 Å². The number of hydrogen-bond acceptors (Lipinski definition) is 5. The van der Waals surface area contributed by atoms with Crippen molar-refractivity contribution in [1.82, 2.24) is 25.4 Å². The number of aromatic nitrogens is 3. The van der Waals surface area contributed by atoms with Crippen LogP contribution in [0.5, 0.6) is 0 Å². The molecule has 1 fully saturated rings. The Morgan fingerprint density at radius 2 is 2.65 bits per heavy atom. The van der Waals surface area contributed by atoms with Gasteiger partial charge in [0.05, 0.1) is 6.54 Å². The van der Waals surface area contributed by atoms with Gasteiger partial charge in [-0.25, -0.2) is 0 Å². The van der Waals surface area contributed by atoms with Crippen LogP contribution < -0.4 is 10.6 Å². The van der Waals surface area contributed by atoms with Gasteiger partial charge in [-0.15, -0.1) is 10.2 Å². The number of aryl methyl sites for hydroxylation is 1. The standard InChI is InChI=1S/C10H17N5OS/c1-15-7-13-14-9(15)5-12-10(16)4-8-6-17-3-2-11-8/h7-8,11H,2-6H2,1H3,(H,12,16). The average Bonchev–Trinajstić information content (AvgIpc) is 2.74. The molecule has 1 amide bonds. The number of nitrogens with zero attached hydrogens (tertiary/aromatic N) is 3. The van der Waals surface area contributed by atoms with Crippen LogP contribution in [0.25, 0.3) is 0 Å². The first kappa shape index (κ1) is 12.4. The lowest BCUT2D eigenvalue weighted by atomic mass is 10.2. The maximum atomic E-state index is 11.7. The highest BCUT2D eigenvalue weighted by Gasteiger charge is 2.16. The van der Waals surface area contributed by atoms with E-state index in [0.717, 1.165) is 23.9 Å². The first-order valence-electron chi connectivity index (χ1n) is 5.66. The predicted octanol–water partition coefficient (Wildman–Crippen LogP) is -0.474. The number of thioether (sulfide) groups is 1. The van der Waals surface area contributed by atoms with Crippen LogP contribution in [0, 0.1) is 0 Å². The molecule has 1 aromatic heterocycles. The summed E-state index contributed by atoms with van der Waals surface area (Å²) in [5.41, 5.74) is 0. The molecular weight excluding hydrogens is 238 g/mol. The van der Waals surface area contributed by atoms with E-state index in [4.69, 9.17) is 0 Å². The summed E-state index contributed by atoms with van der Waals surface area (Å²) in [5, 5.41) is 13.9. The fourth-order valence-corrected chi connectivity index (χ4v) is 2.64. The van der Waals surface area contributed by atoms with E-state index in [0.29, 0.717) is 19.0 Å².